The van der Waals surface area contributed by atoms with Crippen LogP contribution < -0.4 is 10.1 Å². The molecule has 0 saturated heterocycles. The first-order valence-electron chi connectivity index (χ1n) is 7.12. The molecule has 2 aromatic rings. The van der Waals surface area contributed by atoms with Gasteiger partial charge in [0.1, 0.15) is 5.75 Å². The van der Waals surface area contributed by atoms with Crippen LogP contribution in [0.15, 0.2) is 30.5 Å². The van der Waals surface area contributed by atoms with Crippen LogP contribution in [-0.4, -0.2) is 36.9 Å². The molecule has 0 aliphatic carbocycles. The molecule has 0 atom stereocenters. The van der Waals surface area contributed by atoms with E-state index in [1.807, 2.05) is 25.3 Å². The fourth-order valence-electron chi connectivity index (χ4n) is 2.16. The molecule has 0 saturated carbocycles. The number of imidazole rings is 1. The number of aryl methyl sites for hydroxylation is 1. The second-order valence-electron chi connectivity index (χ2n) is 4.92. The predicted octanol–water partition coefficient (Wildman–Crippen LogP) is 2.50. The minimum atomic E-state index is 0.683. The number of anilines is 1. The summed E-state index contributed by atoms with van der Waals surface area (Å²) in [6, 6.07) is 8.14. The molecule has 0 fully saturated rings. The third-order valence-corrected chi connectivity index (χ3v) is 3.29. The Morgan fingerprint density at radius 2 is 1.95 bits per heavy atom. The predicted molar refractivity (Wildman–Crippen MR) is 84.0 cm³/mol. The molecule has 0 spiro atoms. The first-order valence-corrected chi connectivity index (χ1v) is 7.12. The van der Waals surface area contributed by atoms with Gasteiger partial charge in [-0.3, -0.25) is 0 Å². The van der Waals surface area contributed by atoms with Crippen LogP contribution in [0, 0.1) is 6.92 Å². The van der Waals surface area contributed by atoms with Crippen LogP contribution in [0.2, 0.25) is 0 Å². The van der Waals surface area contributed by atoms with E-state index >= 15 is 0 Å². The summed E-state index contributed by atoms with van der Waals surface area (Å²) in [5.41, 5.74) is 2.29. The van der Waals surface area contributed by atoms with Crippen molar-refractivity contribution < 1.29 is 9.47 Å². The van der Waals surface area contributed by atoms with Crippen molar-refractivity contribution in [2.24, 2.45) is 0 Å². The molecule has 2 rings (SSSR count). The summed E-state index contributed by atoms with van der Waals surface area (Å²) >= 11 is 0. The van der Waals surface area contributed by atoms with Gasteiger partial charge in [0.05, 0.1) is 19.4 Å². The van der Waals surface area contributed by atoms with E-state index in [-0.39, 0.29) is 0 Å². The average molecular weight is 289 g/mol. The fourth-order valence-corrected chi connectivity index (χ4v) is 2.16. The Morgan fingerprint density at radius 1 is 1.19 bits per heavy atom. The maximum absolute atomic E-state index is 5.16. The third-order valence-electron chi connectivity index (χ3n) is 3.29. The second kappa shape index (κ2) is 7.69. The van der Waals surface area contributed by atoms with Gasteiger partial charge in [0.15, 0.2) is 0 Å². The lowest BCUT2D eigenvalue weighted by Gasteiger charge is -2.09. The average Bonchev–Trinajstić information content (AvgIpc) is 2.86. The van der Waals surface area contributed by atoms with Crippen LogP contribution >= 0.6 is 0 Å². The first kappa shape index (κ1) is 15.4. The summed E-state index contributed by atoms with van der Waals surface area (Å²) in [6.07, 6.45) is 2.98. The Morgan fingerprint density at radius 3 is 2.62 bits per heavy atom. The minimum Gasteiger partial charge on any atom is -0.497 e. The number of benzene rings is 1. The fraction of sp³-hybridized carbons (Fsp3) is 0.438. The van der Waals surface area contributed by atoms with Gasteiger partial charge in [-0.1, -0.05) is 12.1 Å². The van der Waals surface area contributed by atoms with Crippen molar-refractivity contribution in [2.45, 2.75) is 19.9 Å². The van der Waals surface area contributed by atoms with Gasteiger partial charge in [-0.15, -0.1) is 0 Å². The van der Waals surface area contributed by atoms with Crippen LogP contribution in [0.25, 0.3) is 0 Å². The van der Waals surface area contributed by atoms with Gasteiger partial charge < -0.3 is 19.4 Å². The van der Waals surface area contributed by atoms with Crippen molar-refractivity contribution in [1.82, 2.24) is 9.55 Å². The van der Waals surface area contributed by atoms with Crippen LogP contribution in [0.3, 0.4) is 0 Å². The smallest absolute Gasteiger partial charge is 0.203 e. The van der Waals surface area contributed by atoms with Crippen LogP contribution in [0.5, 0.6) is 5.75 Å². The molecule has 1 aromatic carbocycles. The molecule has 5 nitrogen and oxygen atoms in total. The van der Waals surface area contributed by atoms with Crippen molar-refractivity contribution in [3.63, 3.8) is 0 Å². The highest BCUT2D eigenvalue weighted by Gasteiger charge is 2.04. The van der Waals surface area contributed by atoms with Gasteiger partial charge in [-0.05, 0) is 31.0 Å². The molecule has 0 aliphatic rings. The van der Waals surface area contributed by atoms with Crippen molar-refractivity contribution in [3.05, 3.63) is 41.7 Å². The third kappa shape index (κ3) is 4.49. The normalized spacial score (nSPS) is 10.6. The lowest BCUT2D eigenvalue weighted by atomic mass is 10.1. The second-order valence-corrected chi connectivity index (χ2v) is 4.92. The number of aromatic nitrogens is 2. The standard InChI is InChI=1S/C16H23N3O2/c1-13-12-19(10-11-20-2)16(18-13)17-9-8-14-4-6-15(21-3)7-5-14/h4-7,12H,8-11H2,1-3H3,(H,17,18). The number of rotatable bonds is 8. The Balaban J connectivity index is 1.87. The molecular weight excluding hydrogens is 266 g/mol. The van der Waals surface area contributed by atoms with Gasteiger partial charge in [0.2, 0.25) is 5.95 Å². The van der Waals surface area contributed by atoms with Crippen molar-refractivity contribution in [1.29, 1.82) is 0 Å². The molecule has 0 bridgehead atoms. The van der Waals surface area contributed by atoms with Crippen LogP contribution in [0.4, 0.5) is 5.95 Å². The molecule has 1 aromatic heterocycles. The highest BCUT2D eigenvalue weighted by Crippen LogP contribution is 2.12. The lowest BCUT2D eigenvalue weighted by Crippen LogP contribution is -2.12. The lowest BCUT2D eigenvalue weighted by molar-refractivity contribution is 0.187. The van der Waals surface area contributed by atoms with Gasteiger partial charge in [-0.25, -0.2) is 4.98 Å². The van der Waals surface area contributed by atoms with Gasteiger partial charge in [0, 0.05) is 26.4 Å². The molecule has 5 heteroatoms. The van der Waals surface area contributed by atoms with Crippen molar-refractivity contribution in [3.8, 4) is 5.75 Å². The molecule has 114 valence electrons. The summed E-state index contributed by atoms with van der Waals surface area (Å²) in [7, 11) is 3.39. The Labute approximate surface area is 125 Å². The van der Waals surface area contributed by atoms with Gasteiger partial charge >= 0.3 is 0 Å². The quantitative estimate of drug-likeness (QED) is 0.811. The van der Waals surface area contributed by atoms with E-state index in [0.717, 1.165) is 36.9 Å². The Kier molecular flexibility index (Phi) is 5.63. The molecule has 1 N–H and O–H groups in total. The summed E-state index contributed by atoms with van der Waals surface area (Å²) in [5, 5.41) is 3.39. The number of ether oxygens (including phenoxy) is 2. The maximum Gasteiger partial charge on any atom is 0.203 e. The highest BCUT2D eigenvalue weighted by molar-refractivity contribution is 5.31. The van der Waals surface area contributed by atoms with Crippen molar-refractivity contribution in [2.75, 3.05) is 32.7 Å². The summed E-state index contributed by atoms with van der Waals surface area (Å²) in [5.74, 6) is 1.79. The van der Waals surface area contributed by atoms with E-state index in [9.17, 15) is 0 Å². The summed E-state index contributed by atoms with van der Waals surface area (Å²) in [4.78, 5) is 4.50. The Bertz CT molecular complexity index is 549. The number of hydrogen-bond donors (Lipinski definition) is 1. The first-order chi connectivity index (χ1) is 10.2. The Hall–Kier alpha value is -2.01. The maximum atomic E-state index is 5.16. The van der Waals surface area contributed by atoms with E-state index in [0.29, 0.717) is 6.61 Å². The molecular formula is C16H23N3O2. The number of hydrogen-bond acceptors (Lipinski definition) is 4. The van der Waals surface area contributed by atoms with Gasteiger partial charge in [0.25, 0.3) is 0 Å². The molecule has 0 unspecified atom stereocenters. The number of nitrogens with one attached hydrogen (secondary N) is 1. The van der Waals surface area contributed by atoms with E-state index in [2.05, 4.69) is 27.0 Å². The SMILES string of the molecule is COCCn1cc(C)nc1NCCc1ccc(OC)cc1. The zero-order valence-corrected chi connectivity index (χ0v) is 12.9. The zero-order chi connectivity index (χ0) is 15.1. The monoisotopic (exact) mass is 289 g/mol. The molecule has 21 heavy (non-hydrogen) atoms. The molecule has 0 radical (unpaired) electrons. The molecule has 1 heterocycles. The van der Waals surface area contributed by atoms with E-state index in [4.69, 9.17) is 9.47 Å². The van der Waals surface area contributed by atoms with Gasteiger partial charge in [-0.2, -0.15) is 0 Å². The molecule has 0 aliphatic heterocycles. The van der Waals surface area contributed by atoms with Crippen LogP contribution in [-0.2, 0) is 17.7 Å². The zero-order valence-electron chi connectivity index (χ0n) is 12.9. The summed E-state index contributed by atoms with van der Waals surface area (Å²) < 4.78 is 12.4. The van der Waals surface area contributed by atoms with E-state index < -0.39 is 0 Å². The summed E-state index contributed by atoms with van der Waals surface area (Å²) in [6.45, 7) is 4.33. The highest BCUT2D eigenvalue weighted by atomic mass is 16.5. The number of nitrogens with zero attached hydrogens (tertiary/aromatic N) is 2. The molecule has 0 amide bonds. The largest absolute Gasteiger partial charge is 0.497 e. The number of methoxy groups -OCH3 is 2. The van der Waals surface area contributed by atoms with E-state index in [1.54, 1.807) is 14.2 Å². The van der Waals surface area contributed by atoms with Crippen molar-refractivity contribution >= 4 is 5.95 Å². The minimum absolute atomic E-state index is 0.683. The van der Waals surface area contributed by atoms with Crippen LogP contribution in [0.1, 0.15) is 11.3 Å². The van der Waals surface area contributed by atoms with E-state index in [1.165, 1.54) is 5.56 Å². The topological polar surface area (TPSA) is 48.3 Å².